The number of aliphatic carboxylic acids is 1. The van der Waals surface area contributed by atoms with Crippen LogP contribution in [-0.4, -0.2) is 23.0 Å². The SMILES string of the molecule is CCCc1cc(CO)cc(CCC)c1OC(C(=O)O)c1ccc2c(c1)OCO2. The minimum absolute atomic E-state index is 0.0573. The molecule has 0 saturated heterocycles. The first-order valence-electron chi connectivity index (χ1n) is 9.61. The van der Waals surface area contributed by atoms with Gasteiger partial charge in [0, 0.05) is 5.56 Å². The van der Waals surface area contributed by atoms with Crippen LogP contribution in [-0.2, 0) is 24.2 Å². The fourth-order valence-corrected chi connectivity index (χ4v) is 3.43. The fraction of sp³-hybridized carbons (Fsp3) is 0.409. The topological polar surface area (TPSA) is 85.2 Å². The van der Waals surface area contributed by atoms with Gasteiger partial charge in [-0.05, 0) is 53.8 Å². The van der Waals surface area contributed by atoms with E-state index < -0.39 is 12.1 Å². The van der Waals surface area contributed by atoms with Crippen LogP contribution in [0.2, 0.25) is 0 Å². The number of aryl methyl sites for hydroxylation is 2. The zero-order valence-electron chi connectivity index (χ0n) is 16.2. The second-order valence-corrected chi connectivity index (χ2v) is 6.85. The molecule has 1 heterocycles. The fourth-order valence-electron chi connectivity index (χ4n) is 3.43. The van der Waals surface area contributed by atoms with E-state index in [0.717, 1.165) is 42.4 Å². The molecule has 1 aliphatic rings. The summed E-state index contributed by atoms with van der Waals surface area (Å²) in [6, 6.07) is 8.84. The van der Waals surface area contributed by atoms with Crippen LogP contribution in [0.1, 0.15) is 55.0 Å². The Bertz CT molecular complexity index is 818. The summed E-state index contributed by atoms with van der Waals surface area (Å²) >= 11 is 0. The first kappa shape index (κ1) is 20.0. The van der Waals surface area contributed by atoms with Gasteiger partial charge in [0.15, 0.2) is 11.5 Å². The molecule has 3 rings (SSSR count). The maximum atomic E-state index is 12.0. The molecule has 0 bridgehead atoms. The van der Waals surface area contributed by atoms with E-state index >= 15 is 0 Å². The summed E-state index contributed by atoms with van der Waals surface area (Å²) in [6.07, 6.45) is 2.10. The highest BCUT2D eigenvalue weighted by atomic mass is 16.7. The number of carbonyl (C=O) groups is 1. The number of aliphatic hydroxyl groups is 1. The molecule has 6 nitrogen and oxygen atoms in total. The number of rotatable bonds is 9. The van der Waals surface area contributed by atoms with Gasteiger partial charge in [0.2, 0.25) is 12.9 Å². The minimum atomic E-state index is -1.17. The molecule has 0 fully saturated rings. The van der Waals surface area contributed by atoms with Gasteiger partial charge in [0.25, 0.3) is 0 Å². The van der Waals surface area contributed by atoms with E-state index in [-0.39, 0.29) is 13.4 Å². The number of carboxylic acid groups (broad SMARTS) is 1. The van der Waals surface area contributed by atoms with Gasteiger partial charge in [0.1, 0.15) is 5.75 Å². The average Bonchev–Trinajstić information content (AvgIpc) is 3.15. The van der Waals surface area contributed by atoms with Crippen molar-refractivity contribution in [3.05, 3.63) is 52.6 Å². The Hall–Kier alpha value is -2.73. The van der Waals surface area contributed by atoms with Gasteiger partial charge >= 0.3 is 5.97 Å². The van der Waals surface area contributed by atoms with Crippen LogP contribution in [0.3, 0.4) is 0 Å². The summed E-state index contributed by atoms with van der Waals surface area (Å²) in [5, 5.41) is 19.4. The number of aliphatic hydroxyl groups excluding tert-OH is 1. The maximum absolute atomic E-state index is 12.0. The van der Waals surface area contributed by atoms with Crippen molar-refractivity contribution in [1.82, 2.24) is 0 Å². The summed E-state index contributed by atoms with van der Waals surface area (Å²) in [6.45, 7) is 4.18. The standard InChI is InChI=1S/C22H26O6/c1-3-5-15-9-14(12-23)10-16(6-4-2)20(15)28-21(22(24)25)17-7-8-18-19(11-17)27-13-26-18/h7-11,21,23H,3-6,12-13H2,1-2H3,(H,24,25). The molecule has 0 saturated carbocycles. The molecule has 0 aliphatic carbocycles. The van der Waals surface area contributed by atoms with Crippen molar-refractivity contribution in [3.8, 4) is 17.2 Å². The molecule has 0 spiro atoms. The number of hydrogen-bond acceptors (Lipinski definition) is 5. The molecule has 0 aromatic heterocycles. The molecule has 0 radical (unpaired) electrons. The summed E-state index contributed by atoms with van der Waals surface area (Å²) in [5.41, 5.74) is 3.15. The lowest BCUT2D eigenvalue weighted by molar-refractivity contribution is -0.145. The third-order valence-electron chi connectivity index (χ3n) is 4.68. The van der Waals surface area contributed by atoms with Crippen LogP contribution in [0.5, 0.6) is 17.2 Å². The van der Waals surface area contributed by atoms with Crippen molar-refractivity contribution >= 4 is 5.97 Å². The van der Waals surface area contributed by atoms with Gasteiger partial charge in [-0.3, -0.25) is 0 Å². The highest BCUT2D eigenvalue weighted by Gasteiger charge is 2.27. The van der Waals surface area contributed by atoms with Crippen LogP contribution < -0.4 is 14.2 Å². The van der Waals surface area contributed by atoms with Gasteiger partial charge in [-0.25, -0.2) is 4.79 Å². The second kappa shape index (κ2) is 8.97. The number of carboxylic acids is 1. The van der Waals surface area contributed by atoms with Gasteiger partial charge in [-0.2, -0.15) is 0 Å². The Kier molecular flexibility index (Phi) is 6.41. The Morgan fingerprint density at radius 1 is 1.07 bits per heavy atom. The highest BCUT2D eigenvalue weighted by molar-refractivity contribution is 5.75. The van der Waals surface area contributed by atoms with Crippen molar-refractivity contribution in [2.75, 3.05) is 6.79 Å². The predicted molar refractivity (Wildman–Crippen MR) is 104 cm³/mol. The van der Waals surface area contributed by atoms with Crippen molar-refractivity contribution in [1.29, 1.82) is 0 Å². The Balaban J connectivity index is 2.01. The Labute approximate surface area is 164 Å². The van der Waals surface area contributed by atoms with Crippen molar-refractivity contribution in [2.24, 2.45) is 0 Å². The lowest BCUT2D eigenvalue weighted by atomic mass is 9.98. The molecule has 28 heavy (non-hydrogen) atoms. The molecular weight excluding hydrogens is 360 g/mol. The molecule has 2 aromatic rings. The zero-order chi connectivity index (χ0) is 20.1. The second-order valence-electron chi connectivity index (χ2n) is 6.85. The monoisotopic (exact) mass is 386 g/mol. The summed E-state index contributed by atoms with van der Waals surface area (Å²) in [4.78, 5) is 12.0. The lowest BCUT2D eigenvalue weighted by Crippen LogP contribution is -2.20. The van der Waals surface area contributed by atoms with E-state index in [1.54, 1.807) is 18.2 Å². The van der Waals surface area contributed by atoms with Gasteiger partial charge < -0.3 is 24.4 Å². The van der Waals surface area contributed by atoms with Crippen LogP contribution in [0.4, 0.5) is 0 Å². The largest absolute Gasteiger partial charge is 0.478 e. The molecule has 6 heteroatoms. The molecule has 150 valence electrons. The van der Waals surface area contributed by atoms with Crippen molar-refractivity contribution in [2.45, 2.75) is 52.2 Å². The lowest BCUT2D eigenvalue weighted by Gasteiger charge is -2.22. The molecule has 1 aliphatic heterocycles. The van der Waals surface area contributed by atoms with Crippen LogP contribution in [0.15, 0.2) is 30.3 Å². The molecule has 0 amide bonds. The van der Waals surface area contributed by atoms with Crippen LogP contribution >= 0.6 is 0 Å². The number of ether oxygens (including phenoxy) is 3. The molecule has 1 atom stereocenters. The van der Waals surface area contributed by atoms with E-state index in [0.29, 0.717) is 22.8 Å². The van der Waals surface area contributed by atoms with E-state index in [2.05, 4.69) is 13.8 Å². The van der Waals surface area contributed by atoms with Crippen molar-refractivity contribution < 1.29 is 29.2 Å². The number of hydrogen-bond donors (Lipinski definition) is 2. The smallest absolute Gasteiger partial charge is 0.349 e. The van der Waals surface area contributed by atoms with Gasteiger partial charge in [0.05, 0.1) is 6.61 Å². The van der Waals surface area contributed by atoms with Crippen LogP contribution in [0.25, 0.3) is 0 Å². The average molecular weight is 386 g/mol. The summed E-state index contributed by atoms with van der Waals surface area (Å²) < 4.78 is 16.8. The van der Waals surface area contributed by atoms with E-state index in [9.17, 15) is 15.0 Å². The van der Waals surface area contributed by atoms with Crippen molar-refractivity contribution in [3.63, 3.8) is 0 Å². The number of fused-ring (bicyclic) bond motifs is 1. The summed E-state index contributed by atoms with van der Waals surface area (Å²) in [5.74, 6) is 0.644. The number of benzene rings is 2. The third kappa shape index (κ3) is 4.22. The predicted octanol–water partition coefficient (Wildman–Crippen LogP) is 4.02. The Morgan fingerprint density at radius 2 is 1.71 bits per heavy atom. The zero-order valence-corrected chi connectivity index (χ0v) is 16.2. The first-order valence-corrected chi connectivity index (χ1v) is 9.61. The van der Waals surface area contributed by atoms with Gasteiger partial charge in [-0.15, -0.1) is 0 Å². The van der Waals surface area contributed by atoms with E-state index in [1.807, 2.05) is 12.1 Å². The Morgan fingerprint density at radius 3 is 2.29 bits per heavy atom. The molecular formula is C22H26O6. The molecule has 1 unspecified atom stereocenters. The normalized spacial score (nSPS) is 13.4. The first-order chi connectivity index (χ1) is 13.6. The highest BCUT2D eigenvalue weighted by Crippen LogP contribution is 2.37. The third-order valence-corrected chi connectivity index (χ3v) is 4.68. The van der Waals surface area contributed by atoms with E-state index in [4.69, 9.17) is 14.2 Å². The van der Waals surface area contributed by atoms with Crippen LogP contribution in [0, 0.1) is 0 Å². The summed E-state index contributed by atoms with van der Waals surface area (Å²) in [7, 11) is 0. The minimum Gasteiger partial charge on any atom is -0.478 e. The maximum Gasteiger partial charge on any atom is 0.349 e. The van der Waals surface area contributed by atoms with Gasteiger partial charge in [-0.1, -0.05) is 32.8 Å². The quantitative estimate of drug-likeness (QED) is 0.677. The van der Waals surface area contributed by atoms with E-state index in [1.165, 1.54) is 0 Å². The molecule has 2 aromatic carbocycles. The molecule has 2 N–H and O–H groups in total.